The average Bonchev–Trinajstić information content (AvgIpc) is 2.61. The van der Waals surface area contributed by atoms with Crippen LogP contribution in [0.1, 0.15) is 57.3 Å². The fraction of sp³-hybridized carbons (Fsp3) is 0.550. The number of hydrogen-bond donors (Lipinski definition) is 2. The zero-order valence-corrected chi connectivity index (χ0v) is 16.4. The van der Waals surface area contributed by atoms with Crippen molar-refractivity contribution >= 4 is 18.1 Å². The molecule has 0 fully saturated rings. The molecular weight excluding hydrogens is 351 g/mol. The molecule has 0 bridgehead atoms. The summed E-state index contributed by atoms with van der Waals surface area (Å²) in [5.74, 6) is -1.80. The summed E-state index contributed by atoms with van der Waals surface area (Å²) in [5.41, 5.74) is -0.279. The van der Waals surface area contributed by atoms with Crippen LogP contribution >= 0.6 is 0 Å². The highest BCUT2D eigenvalue weighted by Gasteiger charge is 2.35. The van der Waals surface area contributed by atoms with Crippen molar-refractivity contribution in [2.24, 2.45) is 11.3 Å². The van der Waals surface area contributed by atoms with Gasteiger partial charge in [0.25, 0.3) is 0 Å². The zero-order valence-electron chi connectivity index (χ0n) is 16.4. The van der Waals surface area contributed by atoms with Crippen molar-refractivity contribution in [3.63, 3.8) is 0 Å². The molecule has 0 spiro atoms. The lowest BCUT2D eigenvalue weighted by atomic mass is 9.81. The number of benzene rings is 1. The Labute approximate surface area is 159 Å². The van der Waals surface area contributed by atoms with Crippen LogP contribution in [0.25, 0.3) is 0 Å². The van der Waals surface area contributed by atoms with Crippen LogP contribution < -0.4 is 5.32 Å². The van der Waals surface area contributed by atoms with Crippen molar-refractivity contribution in [1.82, 2.24) is 10.4 Å². The van der Waals surface area contributed by atoms with Crippen LogP contribution in [0.5, 0.6) is 0 Å². The maximum atomic E-state index is 13.1. The molecule has 7 heteroatoms. The van der Waals surface area contributed by atoms with Gasteiger partial charge in [0.05, 0.1) is 18.5 Å². The zero-order chi connectivity index (χ0) is 20.6. The van der Waals surface area contributed by atoms with Gasteiger partial charge < -0.3 is 5.32 Å². The number of carbonyl (C=O) groups excluding carboxylic acids is 3. The highest BCUT2D eigenvalue weighted by molar-refractivity contribution is 6.02. The van der Waals surface area contributed by atoms with Gasteiger partial charge in [-0.15, -0.1) is 0 Å². The van der Waals surface area contributed by atoms with Gasteiger partial charge in [0.1, 0.15) is 5.82 Å². The van der Waals surface area contributed by atoms with Crippen LogP contribution in [0.4, 0.5) is 4.39 Å². The second-order valence-corrected chi connectivity index (χ2v) is 7.75. The summed E-state index contributed by atoms with van der Waals surface area (Å²) in [6, 6.07) is 4.35. The fourth-order valence-corrected chi connectivity index (χ4v) is 2.74. The maximum absolute atomic E-state index is 13.1. The third-order valence-electron chi connectivity index (χ3n) is 4.35. The van der Waals surface area contributed by atoms with Gasteiger partial charge in [-0.1, -0.05) is 40.5 Å². The Hall–Kier alpha value is -2.28. The molecule has 2 amide bonds. The van der Waals surface area contributed by atoms with Crippen molar-refractivity contribution in [2.45, 2.75) is 53.0 Å². The predicted molar refractivity (Wildman–Crippen MR) is 99.7 cm³/mol. The van der Waals surface area contributed by atoms with Gasteiger partial charge in [-0.25, -0.2) is 9.45 Å². The Kier molecular flexibility index (Phi) is 8.56. The molecule has 0 heterocycles. The molecule has 0 aliphatic carbocycles. The second kappa shape index (κ2) is 10.2. The molecule has 6 nitrogen and oxygen atoms in total. The van der Waals surface area contributed by atoms with E-state index in [1.54, 1.807) is 0 Å². The highest BCUT2D eigenvalue weighted by atomic mass is 19.1. The standard InChI is InChI=1S/C20H29FN2O4/c1-5-6-7-15(12-23(27)13-24)19(26)22-18(20(2,3)4)17(25)14-8-10-16(21)11-9-14/h8-11,13,15,18,27H,5-7,12H2,1-4H3,(H,22,26). The Morgan fingerprint density at radius 1 is 1.26 bits per heavy atom. The third-order valence-corrected chi connectivity index (χ3v) is 4.35. The number of hydroxylamine groups is 2. The molecule has 27 heavy (non-hydrogen) atoms. The fourth-order valence-electron chi connectivity index (χ4n) is 2.74. The first-order chi connectivity index (χ1) is 12.6. The van der Waals surface area contributed by atoms with Crippen LogP contribution in [-0.2, 0) is 9.59 Å². The van der Waals surface area contributed by atoms with E-state index in [1.165, 1.54) is 24.3 Å². The Bertz CT molecular complexity index is 640. The number of hydrogen-bond acceptors (Lipinski definition) is 4. The van der Waals surface area contributed by atoms with Gasteiger partial charge in [-0.3, -0.25) is 19.6 Å². The molecule has 0 saturated carbocycles. The van der Waals surface area contributed by atoms with E-state index >= 15 is 0 Å². The van der Waals surface area contributed by atoms with Crippen molar-refractivity contribution in [2.75, 3.05) is 6.54 Å². The Balaban J connectivity index is 3.02. The number of carbonyl (C=O) groups is 3. The molecule has 0 saturated heterocycles. The SMILES string of the molecule is CCCCC(CN(O)C=O)C(=O)NC(C(=O)c1ccc(F)cc1)C(C)(C)C. The lowest BCUT2D eigenvalue weighted by Crippen LogP contribution is -2.52. The van der Waals surface area contributed by atoms with Gasteiger partial charge in [-0.05, 0) is 36.1 Å². The monoisotopic (exact) mass is 380 g/mol. The van der Waals surface area contributed by atoms with Gasteiger partial charge in [-0.2, -0.15) is 0 Å². The van der Waals surface area contributed by atoms with Crippen LogP contribution in [-0.4, -0.2) is 41.0 Å². The largest absolute Gasteiger partial charge is 0.345 e. The van der Waals surface area contributed by atoms with Gasteiger partial charge in [0.15, 0.2) is 5.78 Å². The number of nitrogens with one attached hydrogen (secondary N) is 1. The van der Waals surface area contributed by atoms with Crippen LogP contribution in [0.15, 0.2) is 24.3 Å². The molecule has 0 aliphatic heterocycles. The van der Waals surface area contributed by atoms with Crippen molar-refractivity contribution in [3.8, 4) is 0 Å². The summed E-state index contributed by atoms with van der Waals surface area (Å²) in [5, 5.41) is 12.7. The number of halogens is 1. The maximum Gasteiger partial charge on any atom is 0.233 e. The first-order valence-electron chi connectivity index (χ1n) is 9.11. The smallest absolute Gasteiger partial charge is 0.233 e. The molecule has 150 valence electrons. The van der Waals surface area contributed by atoms with Crippen molar-refractivity contribution < 1.29 is 24.0 Å². The molecular formula is C20H29FN2O4. The number of ketones is 1. The number of unbranched alkanes of at least 4 members (excludes halogenated alkanes) is 1. The lowest BCUT2D eigenvalue weighted by molar-refractivity contribution is -0.154. The normalized spacial score (nSPS) is 13.6. The second-order valence-electron chi connectivity index (χ2n) is 7.75. The predicted octanol–water partition coefficient (Wildman–Crippen LogP) is 3.19. The number of amides is 2. The van der Waals surface area contributed by atoms with Crippen molar-refractivity contribution in [3.05, 3.63) is 35.6 Å². The molecule has 0 aromatic heterocycles. The Morgan fingerprint density at radius 3 is 2.33 bits per heavy atom. The number of rotatable bonds is 10. The molecule has 1 aromatic rings. The topological polar surface area (TPSA) is 86.7 Å². The quantitative estimate of drug-likeness (QED) is 0.282. The summed E-state index contributed by atoms with van der Waals surface area (Å²) < 4.78 is 13.1. The molecule has 2 unspecified atom stereocenters. The summed E-state index contributed by atoms with van der Waals surface area (Å²) in [4.78, 5) is 36.4. The van der Waals surface area contributed by atoms with Crippen LogP contribution in [0.2, 0.25) is 0 Å². The molecule has 2 atom stereocenters. The summed E-state index contributed by atoms with van der Waals surface area (Å²) in [7, 11) is 0. The van der Waals surface area contributed by atoms with E-state index in [1.807, 2.05) is 27.7 Å². The van der Waals surface area contributed by atoms with E-state index in [9.17, 15) is 24.0 Å². The lowest BCUT2D eigenvalue weighted by Gasteiger charge is -2.32. The molecule has 1 aromatic carbocycles. The molecule has 0 radical (unpaired) electrons. The third kappa shape index (κ3) is 7.09. The molecule has 0 aliphatic rings. The van der Waals surface area contributed by atoms with Gasteiger partial charge in [0.2, 0.25) is 12.3 Å². The van der Waals surface area contributed by atoms with Crippen LogP contribution in [0, 0.1) is 17.2 Å². The minimum Gasteiger partial charge on any atom is -0.345 e. The Morgan fingerprint density at radius 2 is 1.85 bits per heavy atom. The summed E-state index contributed by atoms with van der Waals surface area (Å²) in [6.07, 6.45) is 2.33. The number of Topliss-reactive ketones (excluding diaryl/α,β-unsaturated/α-hetero) is 1. The van der Waals surface area contributed by atoms with E-state index in [4.69, 9.17) is 0 Å². The number of nitrogens with zero attached hydrogens (tertiary/aromatic N) is 1. The first-order valence-corrected chi connectivity index (χ1v) is 9.11. The summed E-state index contributed by atoms with van der Waals surface area (Å²) in [6.45, 7) is 7.30. The molecule has 2 N–H and O–H groups in total. The van der Waals surface area contributed by atoms with E-state index in [0.717, 1.165) is 12.8 Å². The van der Waals surface area contributed by atoms with E-state index < -0.39 is 29.1 Å². The highest BCUT2D eigenvalue weighted by Crippen LogP contribution is 2.24. The van der Waals surface area contributed by atoms with Crippen molar-refractivity contribution in [1.29, 1.82) is 0 Å². The van der Waals surface area contributed by atoms with Gasteiger partial charge in [0, 0.05) is 5.56 Å². The van der Waals surface area contributed by atoms with Crippen LogP contribution in [0.3, 0.4) is 0 Å². The minimum absolute atomic E-state index is 0.142. The average molecular weight is 380 g/mol. The van der Waals surface area contributed by atoms with Gasteiger partial charge >= 0.3 is 0 Å². The molecule has 1 rings (SSSR count). The minimum atomic E-state index is -0.831. The first kappa shape index (κ1) is 22.8. The van der Waals surface area contributed by atoms with E-state index in [2.05, 4.69) is 5.32 Å². The van der Waals surface area contributed by atoms with E-state index in [0.29, 0.717) is 17.0 Å². The summed E-state index contributed by atoms with van der Waals surface area (Å²) >= 11 is 0. The van der Waals surface area contributed by atoms with E-state index in [-0.39, 0.29) is 18.7 Å².